The fourth-order valence-corrected chi connectivity index (χ4v) is 1.48. The zero-order valence-electron chi connectivity index (χ0n) is 7.57. The minimum absolute atomic E-state index is 0.267. The van der Waals surface area contributed by atoms with E-state index >= 15 is 0 Å². The third kappa shape index (κ3) is 2.26. The van der Waals surface area contributed by atoms with Crippen LogP contribution >= 0.6 is 0 Å². The Morgan fingerprint density at radius 1 is 1.46 bits per heavy atom. The standard InChI is InChI=1S/C10H14N2O/c1-2-5-11-9(4-1)10-8-13-7-3-6-12-10/h1-2,4-5,10,12H,3,6-8H2. The van der Waals surface area contributed by atoms with E-state index in [0.29, 0.717) is 0 Å². The smallest absolute Gasteiger partial charge is 0.0732 e. The van der Waals surface area contributed by atoms with Gasteiger partial charge >= 0.3 is 0 Å². The monoisotopic (exact) mass is 178 g/mol. The van der Waals surface area contributed by atoms with E-state index in [9.17, 15) is 0 Å². The molecule has 1 saturated heterocycles. The van der Waals surface area contributed by atoms with E-state index in [-0.39, 0.29) is 6.04 Å². The lowest BCUT2D eigenvalue weighted by Crippen LogP contribution is -2.24. The lowest BCUT2D eigenvalue weighted by molar-refractivity contribution is 0.130. The van der Waals surface area contributed by atoms with E-state index in [0.717, 1.165) is 31.9 Å². The Morgan fingerprint density at radius 3 is 3.31 bits per heavy atom. The van der Waals surface area contributed by atoms with Crippen molar-refractivity contribution >= 4 is 0 Å². The average molecular weight is 178 g/mol. The minimum Gasteiger partial charge on any atom is -0.379 e. The molecule has 70 valence electrons. The molecule has 0 amide bonds. The van der Waals surface area contributed by atoms with Crippen molar-refractivity contribution < 1.29 is 4.74 Å². The summed E-state index contributed by atoms with van der Waals surface area (Å²) in [5.41, 5.74) is 1.07. The largest absolute Gasteiger partial charge is 0.379 e. The quantitative estimate of drug-likeness (QED) is 0.700. The predicted molar refractivity (Wildman–Crippen MR) is 50.4 cm³/mol. The molecule has 2 heterocycles. The van der Waals surface area contributed by atoms with Crippen molar-refractivity contribution in [2.75, 3.05) is 19.8 Å². The molecule has 0 bridgehead atoms. The summed E-state index contributed by atoms with van der Waals surface area (Å²) in [6.07, 6.45) is 2.91. The fourth-order valence-electron chi connectivity index (χ4n) is 1.48. The first kappa shape index (κ1) is 8.66. The molecule has 0 aliphatic carbocycles. The third-order valence-electron chi connectivity index (χ3n) is 2.19. The summed E-state index contributed by atoms with van der Waals surface area (Å²) < 4.78 is 5.46. The zero-order chi connectivity index (χ0) is 8.93. The Hall–Kier alpha value is -0.930. The van der Waals surface area contributed by atoms with Crippen LogP contribution in [0.4, 0.5) is 0 Å². The second kappa shape index (κ2) is 4.35. The van der Waals surface area contributed by atoms with Gasteiger partial charge in [-0.25, -0.2) is 0 Å². The molecule has 0 saturated carbocycles. The molecule has 1 aromatic heterocycles. The van der Waals surface area contributed by atoms with Crippen molar-refractivity contribution in [3.63, 3.8) is 0 Å². The summed E-state index contributed by atoms with van der Waals surface area (Å²) in [4.78, 5) is 4.30. The van der Waals surface area contributed by atoms with Crippen LogP contribution in [0.15, 0.2) is 24.4 Å². The van der Waals surface area contributed by atoms with Gasteiger partial charge in [-0.15, -0.1) is 0 Å². The first-order valence-corrected chi connectivity index (χ1v) is 4.69. The van der Waals surface area contributed by atoms with Crippen LogP contribution in [0.5, 0.6) is 0 Å². The Balaban J connectivity index is 2.06. The van der Waals surface area contributed by atoms with Crippen LogP contribution in [0.3, 0.4) is 0 Å². The Bertz CT molecular complexity index is 242. The maximum absolute atomic E-state index is 5.46. The van der Waals surface area contributed by atoms with Crippen LogP contribution in [0.25, 0.3) is 0 Å². The van der Waals surface area contributed by atoms with Gasteiger partial charge in [0.2, 0.25) is 0 Å². The highest BCUT2D eigenvalue weighted by Crippen LogP contribution is 2.11. The number of rotatable bonds is 1. The average Bonchev–Trinajstić information content (AvgIpc) is 2.47. The van der Waals surface area contributed by atoms with Crippen LogP contribution in [0.1, 0.15) is 18.2 Å². The normalized spacial score (nSPS) is 23.8. The first-order valence-electron chi connectivity index (χ1n) is 4.69. The molecule has 3 heteroatoms. The number of aromatic nitrogens is 1. The van der Waals surface area contributed by atoms with E-state index in [1.165, 1.54) is 0 Å². The molecule has 1 atom stereocenters. The van der Waals surface area contributed by atoms with Crippen LogP contribution in [0, 0.1) is 0 Å². The summed E-state index contributed by atoms with van der Waals surface area (Å²) in [7, 11) is 0. The molecule has 1 fully saturated rings. The Kier molecular flexibility index (Phi) is 2.90. The van der Waals surface area contributed by atoms with Gasteiger partial charge in [-0.3, -0.25) is 4.98 Å². The summed E-state index contributed by atoms with van der Waals surface area (Å²) in [5, 5.41) is 3.41. The van der Waals surface area contributed by atoms with Crippen molar-refractivity contribution in [1.29, 1.82) is 0 Å². The van der Waals surface area contributed by atoms with Gasteiger partial charge in [0.15, 0.2) is 0 Å². The van der Waals surface area contributed by atoms with E-state index in [1.54, 1.807) is 0 Å². The highest BCUT2D eigenvalue weighted by Gasteiger charge is 2.14. The highest BCUT2D eigenvalue weighted by molar-refractivity contribution is 5.08. The number of nitrogens with zero attached hydrogens (tertiary/aromatic N) is 1. The maximum Gasteiger partial charge on any atom is 0.0732 e. The van der Waals surface area contributed by atoms with Crippen LogP contribution in [-0.2, 0) is 4.74 Å². The molecular weight excluding hydrogens is 164 g/mol. The van der Waals surface area contributed by atoms with E-state index in [4.69, 9.17) is 4.74 Å². The molecule has 3 nitrogen and oxygen atoms in total. The van der Waals surface area contributed by atoms with Gasteiger partial charge in [0.1, 0.15) is 0 Å². The van der Waals surface area contributed by atoms with Crippen molar-refractivity contribution in [2.24, 2.45) is 0 Å². The molecule has 1 unspecified atom stereocenters. The molecule has 1 aromatic rings. The summed E-state index contributed by atoms with van der Waals surface area (Å²) in [6, 6.07) is 6.24. The highest BCUT2D eigenvalue weighted by atomic mass is 16.5. The zero-order valence-corrected chi connectivity index (χ0v) is 7.57. The molecule has 1 N–H and O–H groups in total. The van der Waals surface area contributed by atoms with Crippen molar-refractivity contribution in [3.05, 3.63) is 30.1 Å². The second-order valence-electron chi connectivity index (χ2n) is 3.19. The van der Waals surface area contributed by atoms with E-state index in [1.807, 2.05) is 24.4 Å². The molecule has 1 aliphatic heterocycles. The van der Waals surface area contributed by atoms with Crippen LogP contribution in [-0.4, -0.2) is 24.7 Å². The number of ether oxygens (including phenoxy) is 1. The molecule has 2 rings (SSSR count). The van der Waals surface area contributed by atoms with Gasteiger partial charge < -0.3 is 10.1 Å². The van der Waals surface area contributed by atoms with Crippen LogP contribution in [0.2, 0.25) is 0 Å². The summed E-state index contributed by atoms with van der Waals surface area (Å²) in [6.45, 7) is 2.61. The topological polar surface area (TPSA) is 34.1 Å². The van der Waals surface area contributed by atoms with Gasteiger partial charge in [-0.05, 0) is 25.1 Å². The van der Waals surface area contributed by atoms with Crippen molar-refractivity contribution in [2.45, 2.75) is 12.5 Å². The fraction of sp³-hybridized carbons (Fsp3) is 0.500. The van der Waals surface area contributed by atoms with Gasteiger partial charge in [0.05, 0.1) is 18.3 Å². The van der Waals surface area contributed by atoms with Gasteiger partial charge in [-0.2, -0.15) is 0 Å². The molecular formula is C10H14N2O. The van der Waals surface area contributed by atoms with E-state index < -0.39 is 0 Å². The molecule has 1 aliphatic rings. The van der Waals surface area contributed by atoms with E-state index in [2.05, 4.69) is 10.3 Å². The second-order valence-corrected chi connectivity index (χ2v) is 3.19. The Morgan fingerprint density at radius 2 is 2.46 bits per heavy atom. The number of hydrogen-bond acceptors (Lipinski definition) is 3. The van der Waals surface area contributed by atoms with Gasteiger partial charge in [0, 0.05) is 12.8 Å². The summed E-state index contributed by atoms with van der Waals surface area (Å²) in [5.74, 6) is 0. The molecule has 0 radical (unpaired) electrons. The molecule has 0 spiro atoms. The van der Waals surface area contributed by atoms with Crippen molar-refractivity contribution in [1.82, 2.24) is 10.3 Å². The van der Waals surface area contributed by atoms with Gasteiger partial charge in [0.25, 0.3) is 0 Å². The summed E-state index contributed by atoms with van der Waals surface area (Å²) >= 11 is 0. The number of pyridine rings is 1. The SMILES string of the molecule is c1ccc(C2COCCCN2)nc1. The molecule has 13 heavy (non-hydrogen) atoms. The third-order valence-corrected chi connectivity index (χ3v) is 2.19. The predicted octanol–water partition coefficient (Wildman–Crippen LogP) is 1.13. The van der Waals surface area contributed by atoms with Crippen molar-refractivity contribution in [3.8, 4) is 0 Å². The lowest BCUT2D eigenvalue weighted by Gasteiger charge is -2.13. The first-order chi connectivity index (χ1) is 6.47. The Labute approximate surface area is 78.1 Å². The lowest BCUT2D eigenvalue weighted by atomic mass is 10.2. The van der Waals surface area contributed by atoms with Crippen LogP contribution < -0.4 is 5.32 Å². The minimum atomic E-state index is 0.267. The maximum atomic E-state index is 5.46. The molecule has 0 aromatic carbocycles. The number of hydrogen-bond donors (Lipinski definition) is 1. The number of nitrogens with one attached hydrogen (secondary N) is 1. The van der Waals surface area contributed by atoms with Gasteiger partial charge in [-0.1, -0.05) is 6.07 Å².